The molecule has 0 unspecified atom stereocenters. The van der Waals surface area contributed by atoms with Crippen molar-refractivity contribution in [3.8, 4) is 0 Å². The lowest BCUT2D eigenvalue weighted by molar-refractivity contribution is -0.121. The molecule has 8 heteroatoms. The maximum Gasteiger partial charge on any atom is 0.268 e. The third-order valence-corrected chi connectivity index (χ3v) is 6.53. The molecule has 0 spiro atoms. The average molecular weight is 503 g/mol. The molecule has 3 rings (SSSR count). The Labute approximate surface area is 220 Å². The van der Waals surface area contributed by atoms with Gasteiger partial charge in [0.25, 0.3) is 5.91 Å². The number of hydrogen-bond donors (Lipinski definition) is 2. The van der Waals surface area contributed by atoms with Crippen molar-refractivity contribution in [1.82, 2.24) is 15.5 Å². The van der Waals surface area contributed by atoms with Crippen LogP contribution in [0, 0.1) is 0 Å². The first-order chi connectivity index (χ1) is 17.4. The molecule has 0 fully saturated rings. The third-order valence-electron chi connectivity index (χ3n) is 6.53. The Bertz CT molecular complexity index is 1250. The van der Waals surface area contributed by atoms with E-state index in [0.29, 0.717) is 37.4 Å². The van der Waals surface area contributed by atoms with E-state index in [4.69, 9.17) is 4.99 Å². The van der Waals surface area contributed by atoms with Crippen LogP contribution < -0.4 is 10.6 Å². The largest absolute Gasteiger partial charge is 0.352 e. The predicted molar refractivity (Wildman–Crippen MR) is 151 cm³/mol. The van der Waals surface area contributed by atoms with Gasteiger partial charge >= 0.3 is 0 Å². The van der Waals surface area contributed by atoms with Gasteiger partial charge in [0, 0.05) is 55.5 Å². The fourth-order valence-corrected chi connectivity index (χ4v) is 4.46. The lowest BCUT2D eigenvalue weighted by Gasteiger charge is -2.38. The zero-order chi connectivity index (χ0) is 27.3. The second-order valence-corrected chi connectivity index (χ2v) is 10.1. The van der Waals surface area contributed by atoms with Gasteiger partial charge in [-0.05, 0) is 50.8 Å². The molecule has 0 atom stereocenters. The predicted octanol–water partition coefficient (Wildman–Crippen LogP) is 4.75. The van der Waals surface area contributed by atoms with E-state index in [9.17, 15) is 9.59 Å². The maximum atomic E-state index is 12.8. The summed E-state index contributed by atoms with van der Waals surface area (Å²) in [5.74, 6) is 0.478. The van der Waals surface area contributed by atoms with Gasteiger partial charge in [-0.3, -0.25) is 9.59 Å². The average Bonchev–Trinajstić information content (AvgIpc) is 3.29. The molecule has 1 aromatic rings. The summed E-state index contributed by atoms with van der Waals surface area (Å²) in [4.78, 5) is 31.6. The first kappa shape index (κ1) is 27.8. The van der Waals surface area contributed by atoms with Crippen LogP contribution in [0.4, 0.5) is 0 Å². The lowest BCUT2D eigenvalue weighted by atomic mass is 9.91. The minimum absolute atomic E-state index is 0.0444. The number of benzene rings is 1. The molecule has 1 aromatic carbocycles. The third kappa shape index (κ3) is 6.50. The Balaban J connectivity index is 1.79. The molecular formula is C29H38N6O2. The molecule has 0 aromatic heterocycles. The minimum Gasteiger partial charge on any atom is -0.352 e. The molecule has 196 valence electrons. The van der Waals surface area contributed by atoms with Crippen molar-refractivity contribution >= 4 is 34.6 Å². The summed E-state index contributed by atoms with van der Waals surface area (Å²) in [6.45, 7) is 18.8. The van der Waals surface area contributed by atoms with E-state index >= 15 is 0 Å². The van der Waals surface area contributed by atoms with Crippen LogP contribution in [-0.4, -0.2) is 46.6 Å². The van der Waals surface area contributed by atoms with Crippen LogP contribution in [0.5, 0.6) is 0 Å². The Morgan fingerprint density at radius 3 is 2.51 bits per heavy atom. The lowest BCUT2D eigenvalue weighted by Crippen LogP contribution is -2.57. The molecule has 2 N–H and O–H groups in total. The van der Waals surface area contributed by atoms with Gasteiger partial charge in [-0.25, -0.2) is 4.99 Å². The molecular weight excluding hydrogens is 464 g/mol. The molecule has 0 aliphatic carbocycles. The van der Waals surface area contributed by atoms with Crippen molar-refractivity contribution in [2.45, 2.75) is 72.4 Å². The summed E-state index contributed by atoms with van der Waals surface area (Å²) in [7, 11) is 1.90. The van der Waals surface area contributed by atoms with Crippen molar-refractivity contribution in [2.75, 3.05) is 7.05 Å². The summed E-state index contributed by atoms with van der Waals surface area (Å²) < 4.78 is 0. The van der Waals surface area contributed by atoms with Crippen molar-refractivity contribution in [3.63, 3.8) is 0 Å². The first-order valence-electron chi connectivity index (χ1n) is 12.6. The van der Waals surface area contributed by atoms with Gasteiger partial charge in [0.05, 0.1) is 5.54 Å². The number of rotatable bonds is 10. The maximum absolute atomic E-state index is 12.8. The molecule has 2 aliphatic rings. The molecule has 2 amide bonds. The van der Waals surface area contributed by atoms with Crippen LogP contribution in [-0.2, 0) is 16.1 Å². The SMILES string of the molecule is C=C(CC1=C(C)N=C(C(C)(C)NC(=O)C2=NN=C(C)C2)N(C)C1=C)c1ccccc1CNC(=O)CCC. The van der Waals surface area contributed by atoms with Crippen LogP contribution in [0.2, 0.25) is 0 Å². The molecule has 0 radical (unpaired) electrons. The Morgan fingerprint density at radius 2 is 1.86 bits per heavy atom. The van der Waals surface area contributed by atoms with E-state index in [-0.39, 0.29) is 11.8 Å². The second-order valence-electron chi connectivity index (χ2n) is 10.1. The molecule has 8 nitrogen and oxygen atoms in total. The van der Waals surface area contributed by atoms with Gasteiger partial charge in [-0.1, -0.05) is 44.3 Å². The van der Waals surface area contributed by atoms with Crippen molar-refractivity contribution in [2.24, 2.45) is 15.2 Å². The minimum atomic E-state index is -0.763. The van der Waals surface area contributed by atoms with E-state index in [1.807, 2.05) is 70.8 Å². The number of amidine groups is 1. The summed E-state index contributed by atoms with van der Waals surface area (Å²) in [5, 5.41) is 14.0. The van der Waals surface area contributed by atoms with Crippen molar-refractivity contribution < 1.29 is 9.59 Å². The van der Waals surface area contributed by atoms with Crippen LogP contribution in [0.3, 0.4) is 0 Å². The summed E-state index contributed by atoms with van der Waals surface area (Å²) in [5.41, 5.74) is 6.01. The number of hydrogen-bond acceptors (Lipinski definition) is 6. The standard InChI is InChI=1S/C29H38N6O2/c1-9-12-26(36)30-17-22-13-10-11-14-23(22)18(2)15-24-20(4)31-28(35(8)21(24)5)29(6,7)32-27(37)25-16-19(3)33-34-25/h10-11,13-14H,2,5,9,12,15-17H2,1,3-4,6-8H3,(H,30,36)(H,32,37). The second kappa shape index (κ2) is 11.5. The number of nitrogens with zero attached hydrogens (tertiary/aromatic N) is 4. The topological polar surface area (TPSA) is 98.5 Å². The summed E-state index contributed by atoms with van der Waals surface area (Å²) >= 11 is 0. The fourth-order valence-electron chi connectivity index (χ4n) is 4.46. The molecule has 0 saturated heterocycles. The fraction of sp³-hybridized carbons (Fsp3) is 0.414. The number of nitrogens with one attached hydrogen (secondary N) is 2. The Morgan fingerprint density at radius 1 is 1.16 bits per heavy atom. The highest BCUT2D eigenvalue weighted by Crippen LogP contribution is 2.34. The zero-order valence-corrected chi connectivity index (χ0v) is 22.9. The van der Waals surface area contributed by atoms with Crippen LogP contribution in [0.15, 0.2) is 69.6 Å². The molecule has 2 aliphatic heterocycles. The first-order valence-corrected chi connectivity index (χ1v) is 12.6. The van der Waals surface area contributed by atoms with Gasteiger partial charge < -0.3 is 15.5 Å². The smallest absolute Gasteiger partial charge is 0.268 e. The van der Waals surface area contributed by atoms with Crippen molar-refractivity contribution in [1.29, 1.82) is 0 Å². The van der Waals surface area contributed by atoms with Gasteiger partial charge in [-0.15, -0.1) is 5.10 Å². The Kier molecular flexibility index (Phi) is 8.63. The summed E-state index contributed by atoms with van der Waals surface area (Å²) in [6.07, 6.45) is 2.34. The van der Waals surface area contributed by atoms with Gasteiger partial charge in [0.2, 0.25) is 5.91 Å². The van der Waals surface area contributed by atoms with Gasteiger partial charge in [-0.2, -0.15) is 5.10 Å². The van der Waals surface area contributed by atoms with Crippen LogP contribution in [0.1, 0.15) is 71.4 Å². The van der Waals surface area contributed by atoms with E-state index < -0.39 is 5.54 Å². The van der Waals surface area contributed by atoms with Gasteiger partial charge in [0.1, 0.15) is 11.5 Å². The Hall–Kier alpha value is -3.81. The quantitative estimate of drug-likeness (QED) is 0.483. The normalized spacial score (nSPS) is 15.8. The number of amides is 2. The number of carbonyl (C=O) groups excluding carboxylic acids is 2. The number of allylic oxidation sites excluding steroid dienone is 3. The van der Waals surface area contributed by atoms with E-state index in [2.05, 4.69) is 34.0 Å². The number of aliphatic imine (C=N–C) groups is 1. The highest BCUT2D eigenvalue weighted by atomic mass is 16.2. The molecule has 0 bridgehead atoms. The molecule has 2 heterocycles. The number of carbonyl (C=O) groups is 2. The van der Waals surface area contributed by atoms with Crippen molar-refractivity contribution in [3.05, 3.63) is 65.5 Å². The van der Waals surface area contributed by atoms with Gasteiger partial charge in [0.15, 0.2) is 0 Å². The van der Waals surface area contributed by atoms with Crippen LogP contribution in [0.25, 0.3) is 5.57 Å². The van der Waals surface area contributed by atoms with Crippen LogP contribution >= 0.6 is 0 Å². The van der Waals surface area contributed by atoms with E-state index in [0.717, 1.165) is 45.8 Å². The highest BCUT2D eigenvalue weighted by Gasteiger charge is 2.35. The molecule has 37 heavy (non-hydrogen) atoms. The monoisotopic (exact) mass is 502 g/mol. The summed E-state index contributed by atoms with van der Waals surface area (Å²) in [6, 6.07) is 7.98. The molecule has 0 saturated carbocycles. The zero-order valence-electron chi connectivity index (χ0n) is 22.9. The van der Waals surface area contributed by atoms with E-state index in [1.54, 1.807) is 0 Å². The van der Waals surface area contributed by atoms with E-state index in [1.165, 1.54) is 0 Å². The highest BCUT2D eigenvalue weighted by molar-refractivity contribution is 6.43. The number of likely N-dealkylation sites (N-methyl/N-ethyl adjacent to an activating group) is 1.